The van der Waals surface area contributed by atoms with Crippen LogP contribution in [0.5, 0.6) is 5.75 Å². The van der Waals surface area contributed by atoms with Crippen LogP contribution in [-0.2, 0) is 4.74 Å². The van der Waals surface area contributed by atoms with Crippen molar-refractivity contribution in [3.8, 4) is 5.75 Å². The molecule has 4 nitrogen and oxygen atoms in total. The fourth-order valence-corrected chi connectivity index (χ4v) is 1.46. The Morgan fingerprint density at radius 1 is 1.39 bits per heavy atom. The van der Waals surface area contributed by atoms with E-state index in [0.29, 0.717) is 6.61 Å². The van der Waals surface area contributed by atoms with Crippen LogP contribution >= 0.6 is 0 Å². The number of phenols is 1. The van der Waals surface area contributed by atoms with Gasteiger partial charge in [0.25, 0.3) is 0 Å². The van der Waals surface area contributed by atoms with Crippen molar-refractivity contribution in [3.63, 3.8) is 0 Å². The number of phenolic OH excluding ortho intramolecular Hbond substituents is 1. The number of benzene rings is 1. The van der Waals surface area contributed by atoms with E-state index in [1.54, 1.807) is 0 Å². The zero-order valence-electron chi connectivity index (χ0n) is 10.4. The Morgan fingerprint density at radius 2 is 2.17 bits per heavy atom. The second-order valence-electron chi connectivity index (χ2n) is 3.96. The summed E-state index contributed by atoms with van der Waals surface area (Å²) in [7, 11) is 0. The Labute approximate surface area is 106 Å². The van der Waals surface area contributed by atoms with E-state index in [1.165, 1.54) is 12.1 Å². The first-order valence-electron chi connectivity index (χ1n) is 6.06. The highest BCUT2D eigenvalue weighted by atomic mass is 19.1. The van der Waals surface area contributed by atoms with Crippen LogP contribution in [0.3, 0.4) is 0 Å². The summed E-state index contributed by atoms with van der Waals surface area (Å²) in [5.41, 5.74) is 0.00792. The Bertz CT molecular complexity index is 396. The molecule has 0 fully saturated rings. The molecule has 100 valence electrons. The molecule has 0 spiro atoms. The van der Waals surface area contributed by atoms with Crippen molar-refractivity contribution in [1.29, 1.82) is 0 Å². The van der Waals surface area contributed by atoms with Gasteiger partial charge in [0.1, 0.15) is 0 Å². The summed E-state index contributed by atoms with van der Waals surface area (Å²) in [6.45, 7) is 2.42. The first kappa shape index (κ1) is 14.3. The maximum absolute atomic E-state index is 13.0. The summed E-state index contributed by atoms with van der Waals surface area (Å²) in [6, 6.07) is 3.90. The number of nitrogens with one attached hydrogen (secondary N) is 1. The normalized spacial score (nSPS) is 10.1. The van der Waals surface area contributed by atoms with Gasteiger partial charge in [0.05, 0.1) is 12.3 Å². The van der Waals surface area contributed by atoms with Crippen LogP contribution in [0.4, 0.5) is 14.9 Å². The molecule has 2 N–H and O–H groups in total. The molecule has 0 saturated heterocycles. The number of carbonyl (C=O) groups excluding carboxylic acids is 1. The quantitative estimate of drug-likeness (QED) is 0.602. The lowest BCUT2D eigenvalue weighted by molar-refractivity contribution is 0.159. The van der Waals surface area contributed by atoms with Gasteiger partial charge >= 0.3 is 6.09 Å². The van der Waals surface area contributed by atoms with Crippen molar-refractivity contribution in [3.05, 3.63) is 24.0 Å². The Hall–Kier alpha value is -1.78. The smallest absolute Gasteiger partial charge is 0.411 e. The van der Waals surface area contributed by atoms with Crippen molar-refractivity contribution in [1.82, 2.24) is 0 Å². The van der Waals surface area contributed by atoms with Gasteiger partial charge in [-0.05, 0) is 18.6 Å². The van der Waals surface area contributed by atoms with Gasteiger partial charge < -0.3 is 9.84 Å². The SMILES string of the molecule is CCCCCCOC(=O)Nc1cccc(F)c1O. The van der Waals surface area contributed by atoms with Gasteiger partial charge in [-0.25, -0.2) is 9.18 Å². The van der Waals surface area contributed by atoms with Crippen LogP contribution in [-0.4, -0.2) is 17.8 Å². The number of para-hydroxylation sites is 1. The molecular weight excluding hydrogens is 237 g/mol. The highest BCUT2D eigenvalue weighted by molar-refractivity contribution is 5.86. The second-order valence-corrected chi connectivity index (χ2v) is 3.96. The van der Waals surface area contributed by atoms with Crippen LogP contribution in [0, 0.1) is 5.82 Å². The fraction of sp³-hybridized carbons (Fsp3) is 0.462. The predicted molar refractivity (Wildman–Crippen MR) is 67.2 cm³/mol. The lowest BCUT2D eigenvalue weighted by Gasteiger charge is -2.08. The average Bonchev–Trinajstić information content (AvgIpc) is 2.35. The number of ether oxygens (including phenoxy) is 1. The fourth-order valence-electron chi connectivity index (χ4n) is 1.46. The molecule has 0 aliphatic rings. The number of hydrogen-bond donors (Lipinski definition) is 2. The number of amides is 1. The van der Waals surface area contributed by atoms with Gasteiger partial charge in [0.15, 0.2) is 11.6 Å². The minimum absolute atomic E-state index is 0.00792. The molecule has 0 atom stereocenters. The number of unbranched alkanes of at least 4 members (excludes halogenated alkanes) is 3. The van der Waals surface area contributed by atoms with Crippen molar-refractivity contribution in [2.24, 2.45) is 0 Å². The van der Waals surface area contributed by atoms with Crippen LogP contribution in [0.1, 0.15) is 32.6 Å². The lowest BCUT2D eigenvalue weighted by atomic mass is 10.2. The van der Waals surface area contributed by atoms with Gasteiger partial charge in [-0.1, -0.05) is 32.3 Å². The van der Waals surface area contributed by atoms with E-state index in [1.807, 2.05) is 0 Å². The number of halogens is 1. The first-order valence-corrected chi connectivity index (χ1v) is 6.06. The van der Waals surface area contributed by atoms with Crippen molar-refractivity contribution >= 4 is 11.8 Å². The van der Waals surface area contributed by atoms with Crippen LogP contribution in [0.25, 0.3) is 0 Å². The van der Waals surface area contributed by atoms with Crippen molar-refractivity contribution < 1.29 is 19.0 Å². The maximum Gasteiger partial charge on any atom is 0.411 e. The highest BCUT2D eigenvalue weighted by Gasteiger charge is 2.10. The minimum Gasteiger partial charge on any atom is -0.503 e. The average molecular weight is 255 g/mol. The third kappa shape index (κ3) is 4.61. The number of rotatable bonds is 6. The molecule has 0 aliphatic heterocycles. The molecule has 0 aliphatic carbocycles. The predicted octanol–water partition coefficient (Wildman–Crippen LogP) is 3.66. The summed E-state index contributed by atoms with van der Waals surface area (Å²) >= 11 is 0. The lowest BCUT2D eigenvalue weighted by Crippen LogP contribution is -2.14. The molecule has 0 bridgehead atoms. The second kappa shape index (κ2) is 7.53. The molecular formula is C13H18FNO3. The number of hydrogen-bond acceptors (Lipinski definition) is 3. The molecule has 18 heavy (non-hydrogen) atoms. The topological polar surface area (TPSA) is 58.6 Å². The summed E-state index contributed by atoms with van der Waals surface area (Å²) in [5.74, 6) is -1.36. The van der Waals surface area contributed by atoms with Crippen LogP contribution < -0.4 is 5.32 Å². The highest BCUT2D eigenvalue weighted by Crippen LogP contribution is 2.25. The summed E-state index contributed by atoms with van der Waals surface area (Å²) < 4.78 is 17.9. The van der Waals surface area contributed by atoms with Gasteiger partial charge in [-0.15, -0.1) is 0 Å². The Balaban J connectivity index is 2.34. The molecule has 0 saturated carbocycles. The molecule has 1 rings (SSSR count). The molecule has 1 amide bonds. The van der Waals surface area contributed by atoms with E-state index < -0.39 is 17.7 Å². The molecule has 0 radical (unpaired) electrons. The molecule has 0 unspecified atom stereocenters. The van der Waals surface area contributed by atoms with Crippen molar-refractivity contribution in [2.45, 2.75) is 32.6 Å². The molecule has 0 heterocycles. The molecule has 1 aromatic carbocycles. The van der Waals surface area contributed by atoms with E-state index in [2.05, 4.69) is 12.2 Å². The minimum atomic E-state index is -0.782. The first-order chi connectivity index (χ1) is 8.65. The Kier molecular flexibility index (Phi) is 5.97. The summed E-state index contributed by atoms with van der Waals surface area (Å²) in [6.07, 6.45) is 3.34. The molecule has 0 aromatic heterocycles. The van der Waals surface area contributed by atoms with E-state index >= 15 is 0 Å². The maximum atomic E-state index is 13.0. The Morgan fingerprint density at radius 3 is 2.89 bits per heavy atom. The largest absolute Gasteiger partial charge is 0.503 e. The number of anilines is 1. The van der Waals surface area contributed by atoms with E-state index in [0.717, 1.165) is 31.7 Å². The van der Waals surface area contributed by atoms with Gasteiger partial charge in [0, 0.05) is 0 Å². The van der Waals surface area contributed by atoms with E-state index in [-0.39, 0.29) is 5.69 Å². The zero-order chi connectivity index (χ0) is 13.4. The molecule has 1 aromatic rings. The summed E-state index contributed by atoms with van der Waals surface area (Å²) in [5, 5.41) is 11.6. The van der Waals surface area contributed by atoms with Gasteiger partial charge in [0.2, 0.25) is 0 Å². The summed E-state index contributed by atoms with van der Waals surface area (Å²) in [4.78, 5) is 11.3. The standard InChI is InChI=1S/C13H18FNO3/c1-2-3-4-5-9-18-13(17)15-11-8-6-7-10(14)12(11)16/h6-8,16H,2-5,9H2,1H3,(H,15,17). The van der Waals surface area contributed by atoms with Crippen LogP contribution in [0.2, 0.25) is 0 Å². The van der Waals surface area contributed by atoms with Gasteiger partial charge in [-0.3, -0.25) is 5.32 Å². The van der Waals surface area contributed by atoms with E-state index in [4.69, 9.17) is 4.74 Å². The molecule has 5 heteroatoms. The monoisotopic (exact) mass is 255 g/mol. The number of aromatic hydroxyl groups is 1. The van der Waals surface area contributed by atoms with Gasteiger partial charge in [-0.2, -0.15) is 0 Å². The zero-order valence-corrected chi connectivity index (χ0v) is 10.4. The number of carbonyl (C=O) groups is 1. The third-order valence-electron chi connectivity index (χ3n) is 2.45. The third-order valence-corrected chi connectivity index (χ3v) is 2.45. The van der Waals surface area contributed by atoms with Crippen molar-refractivity contribution in [2.75, 3.05) is 11.9 Å². The van der Waals surface area contributed by atoms with Crippen LogP contribution in [0.15, 0.2) is 18.2 Å². The van der Waals surface area contributed by atoms with E-state index in [9.17, 15) is 14.3 Å².